The molecule has 1 heterocycles. The lowest BCUT2D eigenvalue weighted by atomic mass is 9.93. The van der Waals surface area contributed by atoms with Crippen molar-refractivity contribution < 1.29 is 23.9 Å². The Morgan fingerprint density at radius 1 is 1.19 bits per heavy atom. The SMILES string of the molecule is CCC1(CC)NC(=O)N(CC(=O)O[C@H](C)C(=O)c2cc(C)ccc2C)C1=O. The van der Waals surface area contributed by atoms with E-state index < -0.39 is 36.1 Å². The zero-order valence-corrected chi connectivity index (χ0v) is 16.4. The largest absolute Gasteiger partial charge is 0.453 e. The quantitative estimate of drug-likeness (QED) is 0.450. The van der Waals surface area contributed by atoms with Crippen LogP contribution in [0.4, 0.5) is 4.79 Å². The van der Waals surface area contributed by atoms with Crippen LogP contribution < -0.4 is 5.32 Å². The fourth-order valence-corrected chi connectivity index (χ4v) is 3.19. The van der Waals surface area contributed by atoms with Gasteiger partial charge in [0.1, 0.15) is 12.1 Å². The molecule has 7 nitrogen and oxygen atoms in total. The molecule has 1 fully saturated rings. The smallest absolute Gasteiger partial charge is 0.326 e. The second-order valence-electron chi connectivity index (χ2n) is 6.93. The van der Waals surface area contributed by atoms with Crippen LogP contribution in [0.25, 0.3) is 0 Å². The average molecular weight is 374 g/mol. The first kappa shape index (κ1) is 20.6. The lowest BCUT2D eigenvalue weighted by Gasteiger charge is -2.23. The van der Waals surface area contributed by atoms with Crippen molar-refractivity contribution in [2.45, 2.75) is 59.1 Å². The summed E-state index contributed by atoms with van der Waals surface area (Å²) in [7, 11) is 0. The summed E-state index contributed by atoms with van der Waals surface area (Å²) >= 11 is 0. The van der Waals surface area contributed by atoms with E-state index in [0.29, 0.717) is 18.4 Å². The number of carbonyl (C=O) groups is 4. The average Bonchev–Trinajstić information content (AvgIpc) is 2.87. The third kappa shape index (κ3) is 4.02. The molecule has 0 saturated carbocycles. The number of ether oxygens (including phenoxy) is 1. The molecule has 1 aliphatic heterocycles. The van der Waals surface area contributed by atoms with Gasteiger partial charge in [0.15, 0.2) is 6.10 Å². The number of hydrogen-bond donors (Lipinski definition) is 1. The molecule has 1 saturated heterocycles. The highest BCUT2D eigenvalue weighted by Gasteiger charge is 2.49. The molecule has 1 aromatic carbocycles. The van der Waals surface area contributed by atoms with Gasteiger partial charge < -0.3 is 10.1 Å². The van der Waals surface area contributed by atoms with E-state index in [2.05, 4.69) is 5.32 Å². The van der Waals surface area contributed by atoms with E-state index in [-0.39, 0.29) is 5.78 Å². The van der Waals surface area contributed by atoms with Crippen molar-refractivity contribution in [2.24, 2.45) is 0 Å². The van der Waals surface area contributed by atoms with Crippen molar-refractivity contribution in [3.63, 3.8) is 0 Å². The number of aryl methyl sites for hydroxylation is 2. The van der Waals surface area contributed by atoms with Gasteiger partial charge in [-0.1, -0.05) is 31.5 Å². The molecule has 2 rings (SSSR count). The molecule has 1 N–H and O–H groups in total. The van der Waals surface area contributed by atoms with Gasteiger partial charge in [-0.05, 0) is 45.2 Å². The molecule has 3 amide bonds. The first-order chi connectivity index (χ1) is 12.6. The van der Waals surface area contributed by atoms with Gasteiger partial charge in [0.25, 0.3) is 5.91 Å². The summed E-state index contributed by atoms with van der Waals surface area (Å²) in [5.74, 6) is -1.56. The summed E-state index contributed by atoms with van der Waals surface area (Å²) in [6, 6.07) is 4.86. The molecule has 7 heteroatoms. The third-order valence-electron chi connectivity index (χ3n) is 5.08. The normalized spacial score (nSPS) is 16.9. The van der Waals surface area contributed by atoms with Crippen LogP contribution in [-0.4, -0.2) is 46.8 Å². The van der Waals surface area contributed by atoms with Crippen LogP contribution in [0.15, 0.2) is 18.2 Å². The van der Waals surface area contributed by atoms with E-state index in [9.17, 15) is 19.2 Å². The van der Waals surface area contributed by atoms with Crippen molar-refractivity contribution in [2.75, 3.05) is 6.54 Å². The Kier molecular flexibility index (Phi) is 6.03. The van der Waals surface area contributed by atoms with Gasteiger partial charge >= 0.3 is 12.0 Å². The van der Waals surface area contributed by atoms with Crippen LogP contribution in [0.5, 0.6) is 0 Å². The maximum atomic E-state index is 12.6. The predicted molar refractivity (Wildman–Crippen MR) is 99.4 cm³/mol. The van der Waals surface area contributed by atoms with Gasteiger partial charge in [0.2, 0.25) is 5.78 Å². The van der Waals surface area contributed by atoms with Crippen molar-refractivity contribution in [3.05, 3.63) is 34.9 Å². The Morgan fingerprint density at radius 3 is 2.37 bits per heavy atom. The number of carbonyl (C=O) groups excluding carboxylic acids is 4. The van der Waals surface area contributed by atoms with Crippen LogP contribution in [0.2, 0.25) is 0 Å². The van der Waals surface area contributed by atoms with Gasteiger partial charge in [-0.15, -0.1) is 0 Å². The van der Waals surface area contributed by atoms with Crippen molar-refractivity contribution >= 4 is 23.7 Å². The van der Waals surface area contributed by atoms with Crippen LogP contribution >= 0.6 is 0 Å². The molecular weight excluding hydrogens is 348 g/mol. The molecule has 0 spiro atoms. The molecule has 0 unspecified atom stereocenters. The van der Waals surface area contributed by atoms with Crippen molar-refractivity contribution in [1.82, 2.24) is 10.2 Å². The predicted octanol–water partition coefficient (Wildman–Crippen LogP) is 2.53. The highest BCUT2D eigenvalue weighted by Crippen LogP contribution is 2.24. The summed E-state index contributed by atoms with van der Waals surface area (Å²) in [6.45, 7) is 8.25. The van der Waals surface area contributed by atoms with Gasteiger partial charge in [0, 0.05) is 5.56 Å². The standard InChI is InChI=1S/C20H26N2O5/c1-6-20(7-2)18(25)22(19(26)21-20)11-16(23)27-14(5)17(24)15-10-12(3)8-9-13(15)4/h8-10,14H,6-7,11H2,1-5H3,(H,21,26)/t14-/m1/s1. The Balaban J connectivity index is 2.05. The molecule has 1 atom stereocenters. The fourth-order valence-electron chi connectivity index (χ4n) is 3.19. The second kappa shape index (κ2) is 7.90. The minimum atomic E-state index is -1.01. The zero-order valence-electron chi connectivity index (χ0n) is 16.4. The molecule has 0 bridgehead atoms. The van der Waals surface area contributed by atoms with Crippen LogP contribution in [0, 0.1) is 13.8 Å². The number of Topliss-reactive ketones (excluding diaryl/α,β-unsaturated/α-hetero) is 1. The van der Waals surface area contributed by atoms with E-state index >= 15 is 0 Å². The number of ketones is 1. The fraction of sp³-hybridized carbons (Fsp3) is 0.500. The molecule has 1 aliphatic rings. The third-order valence-corrected chi connectivity index (χ3v) is 5.08. The van der Waals surface area contributed by atoms with Crippen molar-refractivity contribution in [1.29, 1.82) is 0 Å². The number of nitrogens with one attached hydrogen (secondary N) is 1. The van der Waals surface area contributed by atoms with Crippen molar-refractivity contribution in [3.8, 4) is 0 Å². The monoisotopic (exact) mass is 374 g/mol. The number of amides is 3. The zero-order chi connectivity index (χ0) is 20.4. The number of esters is 1. The Hall–Kier alpha value is -2.70. The van der Waals surface area contributed by atoms with E-state index in [4.69, 9.17) is 4.74 Å². The summed E-state index contributed by atoms with van der Waals surface area (Å²) in [5.41, 5.74) is 1.23. The van der Waals surface area contributed by atoms with E-state index in [1.165, 1.54) is 6.92 Å². The Morgan fingerprint density at radius 2 is 1.81 bits per heavy atom. The highest BCUT2D eigenvalue weighted by molar-refractivity contribution is 6.09. The summed E-state index contributed by atoms with van der Waals surface area (Å²) in [5, 5.41) is 2.65. The number of nitrogens with zero attached hydrogens (tertiary/aromatic N) is 1. The second-order valence-corrected chi connectivity index (χ2v) is 6.93. The molecule has 0 aliphatic carbocycles. The molecule has 0 radical (unpaired) electrons. The lowest BCUT2D eigenvalue weighted by Crippen LogP contribution is -2.46. The summed E-state index contributed by atoms with van der Waals surface area (Å²) in [6.07, 6.45) is -0.150. The molecular formula is C20H26N2O5. The topological polar surface area (TPSA) is 92.8 Å². The highest BCUT2D eigenvalue weighted by atomic mass is 16.5. The van der Waals surface area contributed by atoms with Gasteiger partial charge in [-0.25, -0.2) is 4.79 Å². The number of imide groups is 1. The van der Waals surface area contributed by atoms with Crippen LogP contribution in [0.3, 0.4) is 0 Å². The number of rotatable bonds is 7. The first-order valence-corrected chi connectivity index (χ1v) is 9.10. The van der Waals surface area contributed by atoms with E-state index in [0.717, 1.165) is 16.0 Å². The lowest BCUT2D eigenvalue weighted by molar-refractivity contribution is -0.150. The minimum absolute atomic E-state index is 0.321. The summed E-state index contributed by atoms with van der Waals surface area (Å²) < 4.78 is 5.19. The first-order valence-electron chi connectivity index (χ1n) is 9.10. The van der Waals surface area contributed by atoms with Gasteiger partial charge in [-0.2, -0.15) is 0 Å². The molecule has 27 heavy (non-hydrogen) atoms. The summed E-state index contributed by atoms with van der Waals surface area (Å²) in [4.78, 5) is 50.3. The van der Waals surface area contributed by atoms with E-state index in [1.54, 1.807) is 19.9 Å². The maximum Gasteiger partial charge on any atom is 0.326 e. The van der Waals surface area contributed by atoms with Crippen LogP contribution in [-0.2, 0) is 14.3 Å². The Labute approximate surface area is 159 Å². The number of benzene rings is 1. The molecule has 1 aromatic rings. The maximum absolute atomic E-state index is 12.6. The van der Waals surface area contributed by atoms with Crippen LogP contribution in [0.1, 0.15) is 55.1 Å². The van der Waals surface area contributed by atoms with Gasteiger partial charge in [-0.3, -0.25) is 19.3 Å². The minimum Gasteiger partial charge on any atom is -0.453 e. The van der Waals surface area contributed by atoms with Gasteiger partial charge in [0.05, 0.1) is 0 Å². The Bertz CT molecular complexity index is 783. The number of urea groups is 1. The van der Waals surface area contributed by atoms with E-state index in [1.807, 2.05) is 26.0 Å². The molecule has 0 aromatic heterocycles. The molecule has 146 valence electrons. The number of hydrogen-bond acceptors (Lipinski definition) is 5.